The Labute approximate surface area is 218 Å². The van der Waals surface area contributed by atoms with E-state index < -0.39 is 6.36 Å². The topological polar surface area (TPSA) is 97.9 Å². The fraction of sp³-hybridized carbons (Fsp3) is 0.120. The van der Waals surface area contributed by atoms with Crippen molar-refractivity contribution < 1.29 is 22.7 Å². The van der Waals surface area contributed by atoms with Gasteiger partial charge in [0, 0.05) is 18.0 Å². The van der Waals surface area contributed by atoms with E-state index in [1.807, 2.05) is 31.2 Å². The van der Waals surface area contributed by atoms with Gasteiger partial charge < -0.3 is 4.74 Å². The molecule has 1 amide bonds. The van der Waals surface area contributed by atoms with Crippen molar-refractivity contribution in [3.05, 3.63) is 84.4 Å². The molecule has 0 N–H and O–H groups in total. The fourth-order valence-corrected chi connectivity index (χ4v) is 4.39. The molecule has 1 aliphatic rings. The number of aryl methyl sites for hydroxylation is 1. The maximum absolute atomic E-state index is 12.4. The van der Waals surface area contributed by atoms with Crippen LogP contribution in [0.2, 0.25) is 0 Å². The van der Waals surface area contributed by atoms with Crippen LogP contribution >= 0.6 is 11.8 Å². The first kappa shape index (κ1) is 25.1. The lowest BCUT2D eigenvalue weighted by Crippen LogP contribution is -2.29. The molecule has 1 aliphatic heterocycles. The summed E-state index contributed by atoms with van der Waals surface area (Å²) in [5.74, 6) is 0.339. The summed E-state index contributed by atoms with van der Waals surface area (Å²) in [7, 11) is 0. The number of nitrogens with zero attached hydrogens (tertiary/aromatic N) is 7. The van der Waals surface area contributed by atoms with Crippen LogP contribution in [0, 0.1) is 6.92 Å². The predicted molar refractivity (Wildman–Crippen MR) is 137 cm³/mol. The van der Waals surface area contributed by atoms with Gasteiger partial charge in [-0.15, -0.1) is 23.4 Å². The van der Waals surface area contributed by atoms with Gasteiger partial charge in [-0.3, -0.25) is 14.7 Å². The molecule has 38 heavy (non-hydrogen) atoms. The molecular formula is C25H18F3N7O2S. The van der Waals surface area contributed by atoms with Crippen LogP contribution in [0.25, 0.3) is 17.1 Å². The summed E-state index contributed by atoms with van der Waals surface area (Å²) in [4.78, 5) is 22.3. The van der Waals surface area contributed by atoms with Crippen molar-refractivity contribution in [2.24, 2.45) is 10.2 Å². The number of anilines is 1. The summed E-state index contributed by atoms with van der Waals surface area (Å²) in [5.41, 5.74) is 3.63. The number of carbonyl (C=O) groups is 1. The third-order valence-electron chi connectivity index (χ3n) is 5.34. The number of alkyl halides is 3. The van der Waals surface area contributed by atoms with E-state index in [0.717, 1.165) is 22.4 Å². The molecule has 2 aromatic carbocycles. The first-order chi connectivity index (χ1) is 18.3. The molecule has 9 nitrogen and oxygen atoms in total. The normalized spacial score (nSPS) is 15.1. The smallest absolute Gasteiger partial charge is 0.406 e. The van der Waals surface area contributed by atoms with Crippen molar-refractivity contribution in [1.82, 2.24) is 19.7 Å². The van der Waals surface area contributed by atoms with Crippen LogP contribution in [-0.4, -0.2) is 49.2 Å². The number of hydrogen-bond acceptors (Lipinski definition) is 8. The fourth-order valence-electron chi connectivity index (χ4n) is 3.57. The second-order valence-corrected chi connectivity index (χ2v) is 8.93. The van der Waals surface area contributed by atoms with Gasteiger partial charge in [0.1, 0.15) is 12.1 Å². The number of halogens is 3. The highest BCUT2D eigenvalue weighted by molar-refractivity contribution is 8.15. The molecule has 0 spiro atoms. The van der Waals surface area contributed by atoms with Gasteiger partial charge in [-0.05, 0) is 48.4 Å². The molecule has 1 fully saturated rings. The average molecular weight is 538 g/mol. The van der Waals surface area contributed by atoms with E-state index >= 15 is 0 Å². The number of rotatable bonds is 6. The first-order valence-electron chi connectivity index (χ1n) is 11.1. The zero-order valence-electron chi connectivity index (χ0n) is 19.7. The Morgan fingerprint density at radius 3 is 2.55 bits per heavy atom. The van der Waals surface area contributed by atoms with Gasteiger partial charge >= 0.3 is 6.36 Å². The Bertz CT molecular complexity index is 1520. The molecule has 5 rings (SSSR count). The third-order valence-corrected chi connectivity index (χ3v) is 6.26. The lowest BCUT2D eigenvalue weighted by molar-refractivity contribution is -0.274. The Hall–Kier alpha value is -4.52. The largest absolute Gasteiger partial charge is 0.573 e. The number of carbonyl (C=O) groups excluding carboxylic acids is 1. The van der Waals surface area contributed by atoms with E-state index in [9.17, 15) is 18.0 Å². The molecule has 0 bridgehead atoms. The van der Waals surface area contributed by atoms with Crippen molar-refractivity contribution in [3.63, 3.8) is 0 Å². The third kappa shape index (κ3) is 5.72. The number of thioether (sulfide) groups is 1. The van der Waals surface area contributed by atoms with Crippen molar-refractivity contribution in [2.75, 3.05) is 10.7 Å². The van der Waals surface area contributed by atoms with Gasteiger partial charge in [0.15, 0.2) is 11.0 Å². The lowest BCUT2D eigenvalue weighted by atomic mass is 10.1. The molecule has 192 valence electrons. The first-order valence-corrected chi connectivity index (χ1v) is 12.1. The molecule has 0 atom stereocenters. The van der Waals surface area contributed by atoms with Gasteiger partial charge in [-0.2, -0.15) is 5.10 Å². The number of ether oxygens (including phenoxy) is 1. The zero-order valence-corrected chi connectivity index (χ0v) is 20.5. The van der Waals surface area contributed by atoms with Gasteiger partial charge in [0.25, 0.3) is 0 Å². The SMILES string of the molecule is Cc1cnccc1N1C(=O)CS/C1=N\N=C\c1ccc(-c2ncn(-c3ccc(OC(F)(F)F)cc3)n2)cc1. The summed E-state index contributed by atoms with van der Waals surface area (Å²) >= 11 is 1.32. The van der Waals surface area contributed by atoms with E-state index in [-0.39, 0.29) is 17.4 Å². The molecule has 0 radical (unpaired) electrons. The molecule has 2 aromatic heterocycles. The molecule has 1 saturated heterocycles. The van der Waals surface area contributed by atoms with Gasteiger partial charge in [0.2, 0.25) is 5.91 Å². The quantitative estimate of drug-likeness (QED) is 0.254. The Balaban J connectivity index is 1.26. The minimum Gasteiger partial charge on any atom is -0.406 e. The standard InChI is InChI=1S/C25H18F3N7O2S/c1-16-12-29-11-10-21(16)35-22(36)14-38-24(35)32-31-13-17-2-4-18(5-3-17)23-30-15-34(33-23)19-6-8-20(9-7-19)37-25(26,27)28/h2-13,15H,14H2,1H3/b31-13+,32-24-. The Morgan fingerprint density at radius 2 is 1.84 bits per heavy atom. The summed E-state index contributed by atoms with van der Waals surface area (Å²) in [5, 5.41) is 13.3. The minimum absolute atomic E-state index is 0.0693. The maximum atomic E-state index is 12.4. The van der Waals surface area contributed by atoms with Crippen molar-refractivity contribution in [2.45, 2.75) is 13.3 Å². The van der Waals surface area contributed by atoms with E-state index in [0.29, 0.717) is 16.7 Å². The molecule has 4 aromatic rings. The van der Waals surface area contributed by atoms with E-state index in [2.05, 4.69) is 30.0 Å². The van der Waals surface area contributed by atoms with E-state index in [1.165, 1.54) is 47.0 Å². The van der Waals surface area contributed by atoms with E-state index in [1.54, 1.807) is 29.6 Å². The summed E-state index contributed by atoms with van der Waals surface area (Å²) < 4.78 is 42.4. The molecule has 0 saturated carbocycles. The predicted octanol–water partition coefficient (Wildman–Crippen LogP) is 5.01. The molecule has 3 heterocycles. The summed E-state index contributed by atoms with van der Waals surface area (Å²) in [6.07, 6.45) is 1.61. The number of amidine groups is 1. The van der Waals surface area contributed by atoms with Crippen LogP contribution in [0.3, 0.4) is 0 Å². The number of aromatic nitrogens is 4. The molecule has 0 aliphatic carbocycles. The number of benzene rings is 2. The zero-order chi connectivity index (χ0) is 26.7. The second-order valence-electron chi connectivity index (χ2n) is 7.98. The van der Waals surface area contributed by atoms with Crippen LogP contribution in [-0.2, 0) is 4.79 Å². The highest BCUT2D eigenvalue weighted by atomic mass is 32.2. The number of pyridine rings is 1. The van der Waals surface area contributed by atoms with Crippen LogP contribution < -0.4 is 9.64 Å². The van der Waals surface area contributed by atoms with Gasteiger partial charge in [-0.25, -0.2) is 9.67 Å². The minimum atomic E-state index is -4.75. The second kappa shape index (κ2) is 10.5. The van der Waals surface area contributed by atoms with Crippen molar-refractivity contribution in [1.29, 1.82) is 0 Å². The lowest BCUT2D eigenvalue weighted by Gasteiger charge is -2.16. The Morgan fingerprint density at radius 1 is 1.08 bits per heavy atom. The highest BCUT2D eigenvalue weighted by Crippen LogP contribution is 2.29. The van der Waals surface area contributed by atoms with E-state index in [4.69, 9.17) is 0 Å². The van der Waals surface area contributed by atoms with Crippen LogP contribution in [0.1, 0.15) is 11.1 Å². The number of hydrogen-bond donors (Lipinski definition) is 0. The van der Waals surface area contributed by atoms with Crippen molar-refractivity contribution in [3.8, 4) is 22.8 Å². The van der Waals surface area contributed by atoms with Crippen LogP contribution in [0.5, 0.6) is 5.75 Å². The average Bonchev–Trinajstić information content (AvgIpc) is 3.52. The van der Waals surface area contributed by atoms with Crippen LogP contribution in [0.4, 0.5) is 18.9 Å². The molecular weight excluding hydrogens is 519 g/mol. The summed E-state index contributed by atoms with van der Waals surface area (Å²) in [6.45, 7) is 1.88. The van der Waals surface area contributed by atoms with Crippen LogP contribution in [0.15, 0.2) is 83.5 Å². The van der Waals surface area contributed by atoms with Gasteiger partial charge in [0.05, 0.1) is 23.3 Å². The molecule has 13 heteroatoms. The monoisotopic (exact) mass is 537 g/mol. The van der Waals surface area contributed by atoms with Gasteiger partial charge in [-0.1, -0.05) is 36.0 Å². The number of amides is 1. The molecule has 0 unspecified atom stereocenters. The highest BCUT2D eigenvalue weighted by Gasteiger charge is 2.31. The van der Waals surface area contributed by atoms with Crippen molar-refractivity contribution >= 4 is 34.7 Å². The maximum Gasteiger partial charge on any atom is 0.573 e. The Kier molecular flexibility index (Phi) is 6.92. The summed E-state index contributed by atoms with van der Waals surface area (Å²) in [6, 6.07) is 14.4.